The predicted octanol–water partition coefficient (Wildman–Crippen LogP) is 4.56. The van der Waals surface area contributed by atoms with E-state index in [-0.39, 0.29) is 17.1 Å². The van der Waals surface area contributed by atoms with Gasteiger partial charge in [-0.1, -0.05) is 37.3 Å². The van der Waals surface area contributed by atoms with Crippen LogP contribution in [0.5, 0.6) is 0 Å². The van der Waals surface area contributed by atoms with Gasteiger partial charge < -0.3 is 0 Å². The second-order valence-corrected chi connectivity index (χ2v) is 6.00. The van der Waals surface area contributed by atoms with Crippen LogP contribution in [0.4, 0.5) is 17.1 Å². The minimum Gasteiger partial charge on any atom is -0.272 e. The van der Waals surface area contributed by atoms with Crippen LogP contribution < -0.4 is 5.43 Å². The molecule has 2 aromatic carbocycles. The fourth-order valence-corrected chi connectivity index (χ4v) is 2.40. The number of rotatable bonds is 9. The number of benzene rings is 2. The van der Waals surface area contributed by atoms with E-state index in [1.807, 2.05) is 18.2 Å². The number of non-ortho nitro benzene ring substituents is 1. The number of hydrogen-bond acceptors (Lipinski definition) is 6. The third-order valence-corrected chi connectivity index (χ3v) is 3.94. The van der Waals surface area contributed by atoms with Crippen LogP contribution in [0.1, 0.15) is 25.3 Å². The van der Waals surface area contributed by atoms with Crippen molar-refractivity contribution in [3.05, 3.63) is 74.3 Å². The number of hydrazone groups is 1. The van der Waals surface area contributed by atoms with E-state index in [2.05, 4.69) is 29.6 Å². The number of nitrogens with zero attached hydrogens (tertiary/aromatic N) is 3. The zero-order chi connectivity index (χ0) is 18.9. The average molecular weight is 356 g/mol. The maximum atomic E-state index is 11.0. The summed E-state index contributed by atoms with van der Waals surface area (Å²) in [6.45, 7) is 2.11. The van der Waals surface area contributed by atoms with E-state index in [1.54, 1.807) is 6.21 Å². The molecule has 0 bridgehead atoms. The Balaban J connectivity index is 1.87. The van der Waals surface area contributed by atoms with Gasteiger partial charge in [-0.3, -0.25) is 25.7 Å². The Bertz CT molecular complexity index is 793. The van der Waals surface area contributed by atoms with E-state index >= 15 is 0 Å². The largest absolute Gasteiger partial charge is 0.301 e. The summed E-state index contributed by atoms with van der Waals surface area (Å²) in [5.74, 6) is 0.410. The van der Waals surface area contributed by atoms with Crippen molar-refractivity contribution >= 4 is 23.3 Å². The molecule has 0 radical (unpaired) electrons. The molecule has 0 aliphatic rings. The van der Waals surface area contributed by atoms with E-state index in [0.29, 0.717) is 5.92 Å². The first-order valence-electron chi connectivity index (χ1n) is 8.21. The lowest BCUT2D eigenvalue weighted by Crippen LogP contribution is -2.01. The van der Waals surface area contributed by atoms with Crippen LogP contribution in [0.3, 0.4) is 0 Å². The first-order valence-corrected chi connectivity index (χ1v) is 8.21. The minimum atomic E-state index is -0.673. The summed E-state index contributed by atoms with van der Waals surface area (Å²) in [5.41, 5.74) is 3.29. The average Bonchev–Trinajstić information content (AvgIpc) is 2.64. The Hall–Kier alpha value is -3.29. The Labute approximate surface area is 150 Å². The molecule has 8 nitrogen and oxygen atoms in total. The van der Waals surface area contributed by atoms with Gasteiger partial charge in [-0.15, -0.1) is 0 Å². The smallest absolute Gasteiger partial charge is 0.272 e. The van der Waals surface area contributed by atoms with E-state index in [4.69, 9.17) is 0 Å². The summed E-state index contributed by atoms with van der Waals surface area (Å²) in [6.07, 6.45) is 4.38. The van der Waals surface area contributed by atoms with Crippen LogP contribution in [0, 0.1) is 26.1 Å². The number of hydrogen-bond donors (Lipinski definition) is 1. The fraction of sp³-hybridized carbons (Fsp3) is 0.278. The first-order chi connectivity index (χ1) is 12.5. The molecule has 26 heavy (non-hydrogen) atoms. The van der Waals surface area contributed by atoms with Crippen molar-refractivity contribution in [3.8, 4) is 0 Å². The summed E-state index contributed by atoms with van der Waals surface area (Å²) in [4.78, 5) is 20.4. The Morgan fingerprint density at radius 2 is 1.85 bits per heavy atom. The fourth-order valence-electron chi connectivity index (χ4n) is 2.40. The molecular formula is C18H20N4O4. The molecule has 1 N–H and O–H groups in total. The van der Waals surface area contributed by atoms with Crippen molar-refractivity contribution in [2.75, 3.05) is 5.43 Å². The van der Waals surface area contributed by atoms with Crippen LogP contribution in [-0.2, 0) is 6.42 Å². The third kappa shape index (κ3) is 5.66. The van der Waals surface area contributed by atoms with Crippen LogP contribution in [-0.4, -0.2) is 16.1 Å². The number of nitro groups is 2. The summed E-state index contributed by atoms with van der Waals surface area (Å²) in [6, 6.07) is 13.6. The molecule has 0 aliphatic carbocycles. The summed E-state index contributed by atoms with van der Waals surface area (Å²) >= 11 is 0. The number of anilines is 1. The zero-order valence-corrected chi connectivity index (χ0v) is 14.4. The summed E-state index contributed by atoms with van der Waals surface area (Å²) < 4.78 is 0. The van der Waals surface area contributed by atoms with Crippen molar-refractivity contribution in [2.24, 2.45) is 11.0 Å². The van der Waals surface area contributed by atoms with Crippen LogP contribution in [0.2, 0.25) is 0 Å². The van der Waals surface area contributed by atoms with Gasteiger partial charge in [0.05, 0.1) is 15.9 Å². The topological polar surface area (TPSA) is 111 Å². The third-order valence-electron chi connectivity index (χ3n) is 3.94. The molecular weight excluding hydrogens is 336 g/mol. The van der Waals surface area contributed by atoms with E-state index in [9.17, 15) is 20.2 Å². The Kier molecular flexibility index (Phi) is 6.78. The van der Waals surface area contributed by atoms with Gasteiger partial charge in [-0.25, -0.2) is 0 Å². The SMILES string of the molecule is C[C@H](C/C=N\Nc1ccc([N+](=O)[O-])cc1[N+](=O)[O-])CCc1ccccc1. The van der Waals surface area contributed by atoms with Gasteiger partial charge >= 0.3 is 5.69 Å². The normalized spacial score (nSPS) is 12.0. The van der Waals surface area contributed by atoms with E-state index in [1.165, 1.54) is 17.7 Å². The Morgan fingerprint density at radius 1 is 1.12 bits per heavy atom. The maximum absolute atomic E-state index is 11.0. The highest BCUT2D eigenvalue weighted by molar-refractivity contribution is 5.67. The number of nitro benzene ring substituents is 2. The molecule has 0 amide bonds. The summed E-state index contributed by atoms with van der Waals surface area (Å²) in [5, 5.41) is 25.8. The lowest BCUT2D eigenvalue weighted by molar-refractivity contribution is -0.393. The van der Waals surface area contributed by atoms with Gasteiger partial charge in [0.25, 0.3) is 5.69 Å². The molecule has 1 atom stereocenters. The van der Waals surface area contributed by atoms with Gasteiger partial charge in [-0.05, 0) is 36.8 Å². The number of aryl methyl sites for hydroxylation is 1. The second kappa shape index (κ2) is 9.26. The van der Waals surface area contributed by atoms with Crippen LogP contribution >= 0.6 is 0 Å². The van der Waals surface area contributed by atoms with Crippen molar-refractivity contribution in [3.63, 3.8) is 0 Å². The lowest BCUT2D eigenvalue weighted by Gasteiger charge is -2.08. The molecule has 136 valence electrons. The lowest BCUT2D eigenvalue weighted by atomic mass is 9.99. The first kappa shape index (κ1) is 19.0. The zero-order valence-electron chi connectivity index (χ0n) is 14.4. The highest BCUT2D eigenvalue weighted by Crippen LogP contribution is 2.28. The molecule has 0 spiro atoms. The Morgan fingerprint density at radius 3 is 2.50 bits per heavy atom. The van der Waals surface area contributed by atoms with Crippen molar-refractivity contribution < 1.29 is 9.85 Å². The molecule has 0 saturated heterocycles. The van der Waals surface area contributed by atoms with Crippen LogP contribution in [0.15, 0.2) is 53.6 Å². The highest BCUT2D eigenvalue weighted by atomic mass is 16.6. The second-order valence-electron chi connectivity index (χ2n) is 6.00. The van der Waals surface area contributed by atoms with Crippen molar-refractivity contribution in [1.29, 1.82) is 0 Å². The minimum absolute atomic E-state index is 0.119. The quantitative estimate of drug-likeness (QED) is 0.402. The molecule has 2 aromatic rings. The van der Waals surface area contributed by atoms with E-state index in [0.717, 1.165) is 25.3 Å². The molecule has 8 heteroatoms. The molecule has 0 fully saturated rings. The molecule has 0 aromatic heterocycles. The number of nitrogens with one attached hydrogen (secondary N) is 1. The maximum Gasteiger partial charge on any atom is 0.301 e. The predicted molar refractivity (Wildman–Crippen MR) is 100 cm³/mol. The van der Waals surface area contributed by atoms with Gasteiger partial charge in [-0.2, -0.15) is 5.10 Å². The van der Waals surface area contributed by atoms with Crippen molar-refractivity contribution in [2.45, 2.75) is 26.2 Å². The van der Waals surface area contributed by atoms with Gasteiger partial charge in [0, 0.05) is 12.3 Å². The summed E-state index contributed by atoms with van der Waals surface area (Å²) in [7, 11) is 0. The van der Waals surface area contributed by atoms with Crippen LogP contribution in [0.25, 0.3) is 0 Å². The molecule has 0 aliphatic heterocycles. The molecule has 0 saturated carbocycles. The van der Waals surface area contributed by atoms with E-state index < -0.39 is 9.85 Å². The molecule has 0 heterocycles. The highest BCUT2D eigenvalue weighted by Gasteiger charge is 2.19. The standard InChI is InChI=1S/C18H20N4O4/c1-14(7-8-15-5-3-2-4-6-15)11-12-19-20-17-10-9-16(21(23)24)13-18(17)22(25)26/h2-6,9-10,12-14,20H,7-8,11H2,1H3/b19-12-/t14-/m0/s1. The van der Waals surface area contributed by atoms with Crippen molar-refractivity contribution in [1.82, 2.24) is 0 Å². The monoisotopic (exact) mass is 356 g/mol. The molecule has 2 rings (SSSR count). The van der Waals surface area contributed by atoms with Gasteiger partial charge in [0.2, 0.25) is 0 Å². The van der Waals surface area contributed by atoms with Gasteiger partial charge in [0.15, 0.2) is 0 Å². The molecule has 0 unspecified atom stereocenters. The van der Waals surface area contributed by atoms with Gasteiger partial charge in [0.1, 0.15) is 5.69 Å².